The first-order chi connectivity index (χ1) is 11.0. The number of amides is 1. The Morgan fingerprint density at radius 2 is 2.00 bits per heavy atom. The van der Waals surface area contributed by atoms with Crippen molar-refractivity contribution in [2.75, 3.05) is 0 Å². The Labute approximate surface area is 139 Å². The SMILES string of the molecule is CC(NCc1nnc2n1CC(C(F)(F)F)CC2)C(=O)NC(C)(C)C. The van der Waals surface area contributed by atoms with E-state index in [9.17, 15) is 18.0 Å². The first-order valence-electron chi connectivity index (χ1n) is 8.00. The van der Waals surface area contributed by atoms with Gasteiger partial charge >= 0.3 is 6.18 Å². The Bertz CT molecular complexity index is 591. The molecule has 0 bridgehead atoms. The van der Waals surface area contributed by atoms with Crippen LogP contribution >= 0.6 is 0 Å². The number of rotatable bonds is 4. The van der Waals surface area contributed by atoms with Gasteiger partial charge in [-0.2, -0.15) is 13.2 Å². The van der Waals surface area contributed by atoms with Gasteiger partial charge in [0.2, 0.25) is 5.91 Å². The van der Waals surface area contributed by atoms with Crippen molar-refractivity contribution in [3.63, 3.8) is 0 Å². The molecule has 1 aromatic rings. The van der Waals surface area contributed by atoms with Gasteiger partial charge in [-0.15, -0.1) is 10.2 Å². The predicted molar refractivity (Wildman–Crippen MR) is 82.1 cm³/mol. The Hall–Kier alpha value is -1.64. The van der Waals surface area contributed by atoms with Gasteiger partial charge in [0.1, 0.15) is 11.6 Å². The standard InChI is InChI=1S/C15H24F3N5O/c1-9(13(24)20-14(2,3)4)19-7-12-22-21-11-6-5-10(8-23(11)12)15(16,17)18/h9-10,19H,5-8H2,1-4H3,(H,20,24). The van der Waals surface area contributed by atoms with Crippen molar-refractivity contribution in [3.8, 4) is 0 Å². The number of nitrogens with one attached hydrogen (secondary N) is 2. The van der Waals surface area contributed by atoms with Gasteiger partial charge in [-0.05, 0) is 34.1 Å². The fourth-order valence-corrected chi connectivity index (χ4v) is 2.60. The van der Waals surface area contributed by atoms with Gasteiger partial charge < -0.3 is 9.88 Å². The number of carbonyl (C=O) groups excluding carboxylic acids is 1. The molecule has 2 atom stereocenters. The minimum Gasteiger partial charge on any atom is -0.350 e. The molecule has 6 nitrogen and oxygen atoms in total. The van der Waals surface area contributed by atoms with Crippen LogP contribution in [0.1, 0.15) is 45.8 Å². The minimum absolute atomic E-state index is 0.0411. The molecule has 9 heteroatoms. The first-order valence-corrected chi connectivity index (χ1v) is 8.00. The van der Waals surface area contributed by atoms with Crippen LogP contribution in [-0.2, 0) is 24.3 Å². The molecular weight excluding hydrogens is 323 g/mol. The number of alkyl halides is 3. The fraction of sp³-hybridized carbons (Fsp3) is 0.800. The molecule has 2 unspecified atom stereocenters. The summed E-state index contributed by atoms with van der Waals surface area (Å²) in [4.78, 5) is 12.0. The van der Waals surface area contributed by atoms with Crippen molar-refractivity contribution >= 4 is 5.91 Å². The number of hydrogen-bond donors (Lipinski definition) is 2. The molecule has 1 aromatic heterocycles. The summed E-state index contributed by atoms with van der Waals surface area (Å²) in [6, 6.07) is -0.487. The van der Waals surface area contributed by atoms with Crippen LogP contribution in [0, 0.1) is 5.92 Å². The zero-order valence-corrected chi connectivity index (χ0v) is 14.4. The number of hydrogen-bond acceptors (Lipinski definition) is 4. The summed E-state index contributed by atoms with van der Waals surface area (Å²) in [6.45, 7) is 7.37. The van der Waals surface area contributed by atoms with Crippen LogP contribution < -0.4 is 10.6 Å². The van der Waals surface area contributed by atoms with Crippen molar-refractivity contribution in [1.82, 2.24) is 25.4 Å². The van der Waals surface area contributed by atoms with Gasteiger partial charge in [0.15, 0.2) is 0 Å². The number of aromatic nitrogens is 3. The van der Waals surface area contributed by atoms with E-state index in [1.165, 1.54) is 4.57 Å². The van der Waals surface area contributed by atoms with E-state index in [4.69, 9.17) is 0 Å². The highest BCUT2D eigenvalue weighted by molar-refractivity contribution is 5.81. The van der Waals surface area contributed by atoms with Gasteiger partial charge in [-0.3, -0.25) is 10.1 Å². The molecule has 0 saturated carbocycles. The van der Waals surface area contributed by atoms with Gasteiger partial charge in [0.25, 0.3) is 0 Å². The molecule has 0 fully saturated rings. The zero-order valence-electron chi connectivity index (χ0n) is 14.4. The normalized spacial score (nSPS) is 19.7. The van der Waals surface area contributed by atoms with Gasteiger partial charge in [0.05, 0.1) is 18.5 Å². The number of nitrogens with zero attached hydrogens (tertiary/aromatic N) is 3. The van der Waals surface area contributed by atoms with Crippen molar-refractivity contribution in [3.05, 3.63) is 11.6 Å². The van der Waals surface area contributed by atoms with E-state index in [0.29, 0.717) is 11.6 Å². The molecule has 0 spiro atoms. The lowest BCUT2D eigenvalue weighted by Crippen LogP contribution is -2.49. The highest BCUT2D eigenvalue weighted by atomic mass is 19.4. The molecule has 1 aliphatic rings. The topological polar surface area (TPSA) is 71.8 Å². The van der Waals surface area contributed by atoms with Gasteiger partial charge in [-0.1, -0.05) is 0 Å². The van der Waals surface area contributed by atoms with Crippen LogP contribution in [-0.4, -0.2) is 38.4 Å². The summed E-state index contributed by atoms with van der Waals surface area (Å²) in [7, 11) is 0. The van der Waals surface area contributed by atoms with Crippen LogP contribution in [0.2, 0.25) is 0 Å². The van der Waals surface area contributed by atoms with Crippen LogP contribution in [0.15, 0.2) is 0 Å². The molecule has 2 N–H and O–H groups in total. The van der Waals surface area contributed by atoms with E-state index in [-0.39, 0.29) is 37.4 Å². The largest absolute Gasteiger partial charge is 0.393 e. The maximum absolute atomic E-state index is 12.9. The highest BCUT2D eigenvalue weighted by Gasteiger charge is 2.42. The second kappa shape index (κ2) is 6.70. The van der Waals surface area contributed by atoms with E-state index in [0.717, 1.165) is 0 Å². The second-order valence-electron chi connectivity index (χ2n) is 7.26. The molecule has 0 aliphatic carbocycles. The van der Waals surface area contributed by atoms with Crippen LogP contribution in [0.4, 0.5) is 13.2 Å². The fourth-order valence-electron chi connectivity index (χ4n) is 2.60. The zero-order chi connectivity index (χ0) is 18.1. The number of aryl methyl sites for hydroxylation is 1. The van der Waals surface area contributed by atoms with E-state index >= 15 is 0 Å². The van der Waals surface area contributed by atoms with Crippen LogP contribution in [0.25, 0.3) is 0 Å². The minimum atomic E-state index is -4.22. The summed E-state index contributed by atoms with van der Waals surface area (Å²) < 4.78 is 40.3. The monoisotopic (exact) mass is 347 g/mol. The number of carbonyl (C=O) groups is 1. The van der Waals surface area contributed by atoms with Crippen LogP contribution in [0.5, 0.6) is 0 Å². The second-order valence-corrected chi connectivity index (χ2v) is 7.26. The van der Waals surface area contributed by atoms with Crippen molar-refractivity contribution in [2.45, 2.75) is 71.4 Å². The van der Waals surface area contributed by atoms with E-state index < -0.39 is 18.1 Å². The summed E-state index contributed by atoms with van der Waals surface area (Å²) in [6.07, 6.45) is -3.91. The lowest BCUT2D eigenvalue weighted by atomic mass is 9.99. The molecule has 24 heavy (non-hydrogen) atoms. The highest BCUT2D eigenvalue weighted by Crippen LogP contribution is 2.34. The molecule has 136 valence electrons. The molecule has 2 rings (SSSR count). The maximum atomic E-state index is 12.9. The van der Waals surface area contributed by atoms with Crippen molar-refractivity contribution in [1.29, 1.82) is 0 Å². The lowest BCUT2D eigenvalue weighted by molar-refractivity contribution is -0.182. The summed E-state index contributed by atoms with van der Waals surface area (Å²) in [5.74, 6) is -0.552. The summed E-state index contributed by atoms with van der Waals surface area (Å²) in [5, 5.41) is 13.8. The van der Waals surface area contributed by atoms with Crippen molar-refractivity contribution in [2.24, 2.45) is 5.92 Å². The van der Waals surface area contributed by atoms with Gasteiger partial charge in [-0.25, -0.2) is 0 Å². The Balaban J connectivity index is 1.98. The smallest absolute Gasteiger partial charge is 0.350 e. The maximum Gasteiger partial charge on any atom is 0.393 e. The van der Waals surface area contributed by atoms with Gasteiger partial charge in [0, 0.05) is 18.5 Å². The quantitative estimate of drug-likeness (QED) is 0.871. The summed E-state index contributed by atoms with van der Waals surface area (Å²) >= 11 is 0. The Morgan fingerprint density at radius 3 is 2.58 bits per heavy atom. The lowest BCUT2D eigenvalue weighted by Gasteiger charge is -2.26. The number of fused-ring (bicyclic) bond motifs is 1. The molecule has 2 heterocycles. The first kappa shape index (κ1) is 18.7. The number of halogens is 3. The third kappa shape index (κ3) is 4.68. The van der Waals surface area contributed by atoms with E-state index in [1.807, 2.05) is 20.8 Å². The van der Waals surface area contributed by atoms with E-state index in [1.54, 1.807) is 6.92 Å². The Morgan fingerprint density at radius 1 is 1.33 bits per heavy atom. The average molecular weight is 347 g/mol. The third-order valence-corrected chi connectivity index (χ3v) is 3.94. The van der Waals surface area contributed by atoms with Crippen molar-refractivity contribution < 1.29 is 18.0 Å². The molecular formula is C15H24F3N5O. The average Bonchev–Trinajstić information content (AvgIpc) is 2.84. The molecule has 0 saturated heterocycles. The summed E-state index contributed by atoms with van der Waals surface area (Å²) in [5.41, 5.74) is -0.346. The third-order valence-electron chi connectivity index (χ3n) is 3.94. The predicted octanol–water partition coefficient (Wildman–Crippen LogP) is 1.80. The molecule has 1 aliphatic heterocycles. The van der Waals surface area contributed by atoms with E-state index in [2.05, 4.69) is 20.8 Å². The van der Waals surface area contributed by atoms with Crippen LogP contribution in [0.3, 0.4) is 0 Å². The molecule has 1 amide bonds. The molecule has 0 radical (unpaired) electrons. The molecule has 0 aromatic carbocycles. The Kier molecular flexibility index (Phi) is 5.22.